The summed E-state index contributed by atoms with van der Waals surface area (Å²) in [5.41, 5.74) is 1.09. The minimum absolute atomic E-state index is 0.0715. The average Bonchev–Trinajstić information content (AvgIpc) is 2.97. The van der Waals surface area contributed by atoms with Gasteiger partial charge in [0.15, 0.2) is 0 Å². The lowest BCUT2D eigenvalue weighted by molar-refractivity contribution is -0.116. The summed E-state index contributed by atoms with van der Waals surface area (Å²) in [5.74, 6) is 3.02. The smallest absolute Gasteiger partial charge is 0.244 e. The summed E-state index contributed by atoms with van der Waals surface area (Å²) in [5, 5.41) is 6.16. The number of carbonyl (C=O) groups is 1. The lowest BCUT2D eigenvalue weighted by Crippen LogP contribution is -2.22. The third-order valence-corrected chi connectivity index (χ3v) is 5.33. The van der Waals surface area contributed by atoms with Gasteiger partial charge in [0, 0.05) is 29.6 Å². The van der Waals surface area contributed by atoms with E-state index in [1.165, 1.54) is 11.4 Å². The second-order valence-electron chi connectivity index (χ2n) is 6.52. The molecule has 1 fully saturated rings. The SMILES string of the molecule is Cc1csc(CCCCNC(=O)/C=C/c2ccc(C3CC3C)o2)n1. The molecular weight excluding hydrogens is 320 g/mol. The molecule has 0 spiro atoms. The van der Waals surface area contributed by atoms with Crippen LogP contribution in [0.3, 0.4) is 0 Å². The molecule has 24 heavy (non-hydrogen) atoms. The van der Waals surface area contributed by atoms with Gasteiger partial charge in [0.2, 0.25) is 5.91 Å². The number of hydrogen-bond acceptors (Lipinski definition) is 4. The Bertz CT molecular complexity index is 717. The number of nitrogens with one attached hydrogen (secondary N) is 1. The molecule has 3 rings (SSSR count). The standard InChI is InChI=1S/C19H24N2O2S/c1-13-11-16(13)17-8-6-15(23-17)7-9-18(22)20-10-4-3-5-19-21-14(2)12-24-19/h6-9,12-13,16H,3-5,10-11H2,1-2H3,(H,20,22)/b9-7+. The first-order valence-electron chi connectivity index (χ1n) is 8.58. The first-order valence-corrected chi connectivity index (χ1v) is 9.46. The summed E-state index contributed by atoms with van der Waals surface area (Å²) in [6.07, 6.45) is 7.48. The van der Waals surface area contributed by atoms with Crippen LogP contribution in [0, 0.1) is 12.8 Å². The summed E-state index contributed by atoms with van der Waals surface area (Å²) in [4.78, 5) is 16.2. The van der Waals surface area contributed by atoms with Crippen molar-refractivity contribution in [1.29, 1.82) is 0 Å². The fraction of sp³-hybridized carbons (Fsp3) is 0.474. The van der Waals surface area contributed by atoms with Crippen molar-refractivity contribution in [3.63, 3.8) is 0 Å². The average molecular weight is 344 g/mol. The van der Waals surface area contributed by atoms with E-state index in [1.807, 2.05) is 19.1 Å². The van der Waals surface area contributed by atoms with Crippen molar-refractivity contribution in [1.82, 2.24) is 10.3 Å². The van der Waals surface area contributed by atoms with Crippen LogP contribution in [0.1, 0.15) is 54.3 Å². The molecule has 2 heterocycles. The van der Waals surface area contributed by atoms with Gasteiger partial charge in [-0.05, 0) is 56.7 Å². The van der Waals surface area contributed by atoms with Crippen LogP contribution in [-0.4, -0.2) is 17.4 Å². The van der Waals surface area contributed by atoms with Crippen LogP contribution in [0.4, 0.5) is 0 Å². The number of hydrogen-bond donors (Lipinski definition) is 1. The van der Waals surface area contributed by atoms with E-state index < -0.39 is 0 Å². The minimum Gasteiger partial charge on any atom is -0.461 e. The maximum absolute atomic E-state index is 11.8. The Labute approximate surface area is 147 Å². The van der Waals surface area contributed by atoms with E-state index in [0.717, 1.165) is 42.4 Å². The maximum atomic E-state index is 11.8. The van der Waals surface area contributed by atoms with Gasteiger partial charge < -0.3 is 9.73 Å². The van der Waals surface area contributed by atoms with Gasteiger partial charge in [-0.1, -0.05) is 6.92 Å². The lowest BCUT2D eigenvalue weighted by atomic mass is 10.2. The monoisotopic (exact) mass is 344 g/mol. The Balaban J connectivity index is 1.32. The number of aromatic nitrogens is 1. The van der Waals surface area contributed by atoms with Gasteiger partial charge in [-0.3, -0.25) is 4.79 Å². The molecule has 4 nitrogen and oxygen atoms in total. The van der Waals surface area contributed by atoms with Gasteiger partial charge >= 0.3 is 0 Å². The highest BCUT2D eigenvalue weighted by Crippen LogP contribution is 2.47. The van der Waals surface area contributed by atoms with E-state index in [9.17, 15) is 4.79 Å². The Hall–Kier alpha value is -1.88. The third kappa shape index (κ3) is 4.81. The van der Waals surface area contributed by atoms with Crippen LogP contribution in [0.25, 0.3) is 6.08 Å². The van der Waals surface area contributed by atoms with Crippen molar-refractivity contribution >= 4 is 23.3 Å². The number of amides is 1. The minimum atomic E-state index is -0.0715. The van der Waals surface area contributed by atoms with Crippen molar-refractivity contribution in [2.24, 2.45) is 5.92 Å². The number of unbranched alkanes of at least 4 members (excludes halogenated alkanes) is 1. The molecule has 0 saturated heterocycles. The summed E-state index contributed by atoms with van der Waals surface area (Å²) in [7, 11) is 0. The number of nitrogens with zero attached hydrogens (tertiary/aromatic N) is 1. The molecule has 1 saturated carbocycles. The van der Waals surface area contributed by atoms with E-state index in [2.05, 4.69) is 22.6 Å². The van der Waals surface area contributed by atoms with Crippen LogP contribution in [-0.2, 0) is 11.2 Å². The van der Waals surface area contributed by atoms with E-state index in [4.69, 9.17) is 4.42 Å². The molecule has 1 N–H and O–H groups in total. The number of carbonyl (C=O) groups excluding carboxylic acids is 1. The van der Waals surface area contributed by atoms with Gasteiger partial charge in [0.25, 0.3) is 0 Å². The first kappa shape index (κ1) is 17.0. The molecule has 2 atom stereocenters. The van der Waals surface area contributed by atoms with Gasteiger partial charge in [-0.25, -0.2) is 4.98 Å². The van der Waals surface area contributed by atoms with Gasteiger partial charge in [-0.15, -0.1) is 11.3 Å². The zero-order valence-electron chi connectivity index (χ0n) is 14.2. The summed E-state index contributed by atoms with van der Waals surface area (Å²) < 4.78 is 5.75. The molecule has 2 aromatic heterocycles. The largest absolute Gasteiger partial charge is 0.461 e. The molecule has 0 bridgehead atoms. The van der Waals surface area contributed by atoms with Crippen LogP contribution in [0.2, 0.25) is 0 Å². The molecule has 0 aliphatic heterocycles. The van der Waals surface area contributed by atoms with Crippen molar-refractivity contribution in [2.45, 2.75) is 45.4 Å². The normalized spacial score (nSPS) is 19.8. The van der Waals surface area contributed by atoms with E-state index in [-0.39, 0.29) is 5.91 Å². The highest BCUT2D eigenvalue weighted by molar-refractivity contribution is 7.09. The van der Waals surface area contributed by atoms with Gasteiger partial charge in [0.05, 0.1) is 5.01 Å². The fourth-order valence-electron chi connectivity index (χ4n) is 2.72. The van der Waals surface area contributed by atoms with E-state index >= 15 is 0 Å². The number of thiazole rings is 1. The van der Waals surface area contributed by atoms with Crippen LogP contribution < -0.4 is 5.32 Å². The maximum Gasteiger partial charge on any atom is 0.244 e. The van der Waals surface area contributed by atoms with Crippen molar-refractivity contribution in [2.75, 3.05) is 6.54 Å². The highest BCUT2D eigenvalue weighted by atomic mass is 32.1. The van der Waals surface area contributed by atoms with Crippen LogP contribution in [0.5, 0.6) is 0 Å². The third-order valence-electron chi connectivity index (χ3n) is 4.30. The van der Waals surface area contributed by atoms with Crippen LogP contribution in [0.15, 0.2) is 28.0 Å². The van der Waals surface area contributed by atoms with Crippen molar-refractivity contribution < 1.29 is 9.21 Å². The van der Waals surface area contributed by atoms with E-state index in [1.54, 1.807) is 23.5 Å². The number of aryl methyl sites for hydroxylation is 2. The molecule has 5 heteroatoms. The summed E-state index contributed by atoms with van der Waals surface area (Å²) in [6, 6.07) is 3.95. The topological polar surface area (TPSA) is 55.1 Å². The molecule has 0 radical (unpaired) electrons. The molecule has 128 valence electrons. The zero-order chi connectivity index (χ0) is 16.9. The lowest BCUT2D eigenvalue weighted by Gasteiger charge is -2.01. The molecule has 0 aromatic carbocycles. The predicted molar refractivity (Wildman–Crippen MR) is 97.1 cm³/mol. The van der Waals surface area contributed by atoms with Gasteiger partial charge in [0.1, 0.15) is 11.5 Å². The molecular formula is C19H24N2O2S. The van der Waals surface area contributed by atoms with E-state index in [0.29, 0.717) is 12.5 Å². The number of furan rings is 1. The van der Waals surface area contributed by atoms with Crippen molar-refractivity contribution in [3.8, 4) is 0 Å². The molecule has 1 aliphatic rings. The Morgan fingerprint density at radius 3 is 3.00 bits per heavy atom. The fourth-order valence-corrected chi connectivity index (χ4v) is 3.54. The first-order chi connectivity index (χ1) is 11.6. The Morgan fingerprint density at radius 1 is 1.46 bits per heavy atom. The second kappa shape index (κ2) is 7.79. The summed E-state index contributed by atoms with van der Waals surface area (Å²) in [6.45, 7) is 4.93. The number of rotatable bonds is 8. The molecule has 2 unspecified atom stereocenters. The molecule has 1 amide bonds. The quantitative estimate of drug-likeness (QED) is 0.573. The predicted octanol–water partition coefficient (Wildman–Crippen LogP) is 4.32. The highest BCUT2D eigenvalue weighted by Gasteiger charge is 2.36. The molecule has 2 aromatic rings. The second-order valence-corrected chi connectivity index (χ2v) is 7.47. The van der Waals surface area contributed by atoms with Gasteiger partial charge in [-0.2, -0.15) is 0 Å². The summed E-state index contributed by atoms with van der Waals surface area (Å²) >= 11 is 1.71. The van der Waals surface area contributed by atoms with Crippen molar-refractivity contribution in [3.05, 3.63) is 45.8 Å². The Kier molecular flexibility index (Phi) is 5.51. The zero-order valence-corrected chi connectivity index (χ0v) is 15.1. The van der Waals surface area contributed by atoms with Crippen LogP contribution >= 0.6 is 11.3 Å². The Morgan fingerprint density at radius 2 is 2.29 bits per heavy atom. The molecule has 1 aliphatic carbocycles.